The molecule has 0 saturated heterocycles. The van der Waals surface area contributed by atoms with Gasteiger partial charge in [0.15, 0.2) is 0 Å². The van der Waals surface area contributed by atoms with Gasteiger partial charge in [-0.25, -0.2) is 0 Å². The third-order valence-electron chi connectivity index (χ3n) is 2.53. The first-order valence-electron chi connectivity index (χ1n) is 5.24. The Hall–Kier alpha value is -1.48. The minimum Gasteiger partial charge on any atom is -0.399 e. The lowest BCUT2D eigenvalue weighted by Gasteiger charge is -2.19. The van der Waals surface area contributed by atoms with Crippen molar-refractivity contribution >= 4 is 22.7 Å². The maximum Gasteiger partial charge on any atom is 0.0434 e. The molecule has 2 aromatic rings. The maximum atomic E-state index is 5.85. The van der Waals surface area contributed by atoms with Crippen LogP contribution < -0.4 is 10.6 Å². The van der Waals surface area contributed by atoms with Crippen molar-refractivity contribution in [1.29, 1.82) is 0 Å². The van der Waals surface area contributed by atoms with Gasteiger partial charge in [0, 0.05) is 25.0 Å². The monoisotopic (exact) mass is 232 g/mol. The van der Waals surface area contributed by atoms with Crippen LogP contribution in [0.2, 0.25) is 0 Å². The van der Waals surface area contributed by atoms with Crippen LogP contribution in [-0.4, -0.2) is 7.05 Å². The van der Waals surface area contributed by atoms with Crippen molar-refractivity contribution in [3.8, 4) is 0 Å². The fraction of sp³-hybridized carbons (Fsp3) is 0.231. The normalized spacial score (nSPS) is 10.4. The van der Waals surface area contributed by atoms with Crippen LogP contribution in [0.4, 0.5) is 11.4 Å². The molecule has 2 N–H and O–H groups in total. The van der Waals surface area contributed by atoms with Crippen LogP contribution in [0.5, 0.6) is 0 Å². The Bertz CT molecular complexity index is 443. The molecule has 1 heterocycles. The van der Waals surface area contributed by atoms with Gasteiger partial charge in [-0.05, 0) is 53.1 Å². The van der Waals surface area contributed by atoms with Crippen molar-refractivity contribution in [2.75, 3.05) is 17.7 Å². The Morgan fingerprint density at radius 2 is 2.12 bits per heavy atom. The second-order valence-electron chi connectivity index (χ2n) is 4.09. The summed E-state index contributed by atoms with van der Waals surface area (Å²) in [5.74, 6) is 0. The summed E-state index contributed by atoms with van der Waals surface area (Å²) in [6, 6.07) is 8.31. The highest BCUT2D eigenvalue weighted by Gasteiger charge is 2.03. The van der Waals surface area contributed by atoms with Crippen LogP contribution in [0, 0.1) is 6.92 Å². The zero-order valence-electron chi connectivity index (χ0n) is 9.60. The van der Waals surface area contributed by atoms with E-state index in [1.807, 2.05) is 12.1 Å². The third kappa shape index (κ3) is 2.55. The van der Waals surface area contributed by atoms with E-state index in [0.29, 0.717) is 0 Å². The standard InChI is InChI=1S/C13H16N2S/c1-10-5-12(14)7-13(6-10)15(2)8-11-3-4-16-9-11/h3-7,9H,8,14H2,1-2H3. The number of thiophene rings is 1. The van der Waals surface area contributed by atoms with Gasteiger partial charge in [-0.15, -0.1) is 0 Å². The summed E-state index contributed by atoms with van der Waals surface area (Å²) >= 11 is 1.73. The van der Waals surface area contributed by atoms with Gasteiger partial charge < -0.3 is 10.6 Å². The SMILES string of the molecule is Cc1cc(N)cc(N(C)Cc2ccsc2)c1. The molecule has 0 aliphatic heterocycles. The number of nitrogens with two attached hydrogens (primary N) is 1. The summed E-state index contributed by atoms with van der Waals surface area (Å²) in [7, 11) is 2.09. The second kappa shape index (κ2) is 4.58. The topological polar surface area (TPSA) is 29.3 Å². The number of nitrogen functional groups attached to an aromatic ring is 1. The van der Waals surface area contributed by atoms with Gasteiger partial charge in [-0.2, -0.15) is 11.3 Å². The summed E-state index contributed by atoms with van der Waals surface area (Å²) in [5, 5.41) is 4.28. The Morgan fingerprint density at radius 1 is 1.31 bits per heavy atom. The van der Waals surface area contributed by atoms with Gasteiger partial charge in [0.05, 0.1) is 0 Å². The predicted octanol–water partition coefficient (Wildman–Crippen LogP) is 3.28. The summed E-state index contributed by atoms with van der Waals surface area (Å²) in [5.41, 5.74) is 10.4. The van der Waals surface area contributed by atoms with Crippen LogP contribution >= 0.6 is 11.3 Å². The fourth-order valence-electron chi connectivity index (χ4n) is 1.76. The second-order valence-corrected chi connectivity index (χ2v) is 4.87. The molecule has 1 aromatic heterocycles. The molecule has 0 amide bonds. The Kier molecular flexibility index (Phi) is 3.15. The van der Waals surface area contributed by atoms with Crippen molar-refractivity contribution < 1.29 is 0 Å². The van der Waals surface area contributed by atoms with E-state index in [9.17, 15) is 0 Å². The summed E-state index contributed by atoms with van der Waals surface area (Å²) in [4.78, 5) is 2.21. The molecule has 0 spiro atoms. The van der Waals surface area contributed by atoms with Crippen LogP contribution in [0.25, 0.3) is 0 Å². The quantitative estimate of drug-likeness (QED) is 0.823. The zero-order valence-corrected chi connectivity index (χ0v) is 10.4. The molecular formula is C13H16N2S. The molecule has 16 heavy (non-hydrogen) atoms. The molecule has 0 bridgehead atoms. The molecule has 0 radical (unpaired) electrons. The first-order chi connectivity index (χ1) is 7.65. The van der Waals surface area contributed by atoms with Crippen molar-refractivity contribution in [3.05, 3.63) is 46.2 Å². The van der Waals surface area contributed by atoms with E-state index in [1.165, 1.54) is 16.8 Å². The number of hydrogen-bond donors (Lipinski definition) is 1. The Balaban J connectivity index is 2.17. The number of aryl methyl sites for hydroxylation is 1. The minimum atomic E-state index is 0.826. The van der Waals surface area contributed by atoms with Crippen molar-refractivity contribution in [2.24, 2.45) is 0 Å². The molecule has 2 nitrogen and oxygen atoms in total. The number of benzene rings is 1. The highest BCUT2D eigenvalue weighted by Crippen LogP contribution is 2.21. The maximum absolute atomic E-state index is 5.85. The van der Waals surface area contributed by atoms with Gasteiger partial charge in [-0.1, -0.05) is 0 Å². The Labute approximate surface area is 100 Å². The molecular weight excluding hydrogens is 216 g/mol. The van der Waals surface area contributed by atoms with Crippen molar-refractivity contribution in [2.45, 2.75) is 13.5 Å². The lowest BCUT2D eigenvalue weighted by molar-refractivity contribution is 0.927. The average molecular weight is 232 g/mol. The Morgan fingerprint density at radius 3 is 2.75 bits per heavy atom. The first kappa shape index (κ1) is 11.0. The summed E-state index contributed by atoms with van der Waals surface area (Å²) in [6.07, 6.45) is 0. The number of rotatable bonds is 3. The van der Waals surface area contributed by atoms with Crippen LogP contribution in [0.3, 0.4) is 0 Å². The molecule has 1 aromatic carbocycles. The third-order valence-corrected chi connectivity index (χ3v) is 3.26. The summed E-state index contributed by atoms with van der Waals surface area (Å²) < 4.78 is 0. The predicted molar refractivity (Wildman–Crippen MR) is 72.0 cm³/mol. The van der Waals surface area contributed by atoms with Gasteiger partial charge in [0.25, 0.3) is 0 Å². The summed E-state index contributed by atoms with van der Waals surface area (Å²) in [6.45, 7) is 2.99. The highest BCUT2D eigenvalue weighted by molar-refractivity contribution is 7.07. The lowest BCUT2D eigenvalue weighted by atomic mass is 10.2. The van der Waals surface area contributed by atoms with Gasteiger partial charge in [0.2, 0.25) is 0 Å². The molecule has 0 atom stereocenters. The first-order valence-corrected chi connectivity index (χ1v) is 6.19. The smallest absolute Gasteiger partial charge is 0.0434 e. The van der Waals surface area contributed by atoms with Crippen LogP contribution in [0.15, 0.2) is 35.0 Å². The van der Waals surface area contributed by atoms with Crippen molar-refractivity contribution in [3.63, 3.8) is 0 Å². The molecule has 2 rings (SSSR count). The molecule has 84 valence electrons. The zero-order chi connectivity index (χ0) is 11.5. The molecule has 0 unspecified atom stereocenters. The molecule has 0 saturated carbocycles. The minimum absolute atomic E-state index is 0.826. The average Bonchev–Trinajstić information content (AvgIpc) is 2.68. The molecule has 0 aliphatic carbocycles. The fourth-order valence-corrected chi connectivity index (χ4v) is 2.42. The van der Waals surface area contributed by atoms with E-state index in [1.54, 1.807) is 11.3 Å². The van der Waals surface area contributed by atoms with Gasteiger partial charge >= 0.3 is 0 Å². The molecule has 3 heteroatoms. The van der Waals surface area contributed by atoms with E-state index in [2.05, 4.69) is 41.8 Å². The molecule has 0 fully saturated rings. The lowest BCUT2D eigenvalue weighted by Crippen LogP contribution is -2.16. The van der Waals surface area contributed by atoms with E-state index >= 15 is 0 Å². The van der Waals surface area contributed by atoms with Gasteiger partial charge in [0.1, 0.15) is 0 Å². The number of anilines is 2. The highest BCUT2D eigenvalue weighted by atomic mass is 32.1. The van der Waals surface area contributed by atoms with Crippen LogP contribution in [0.1, 0.15) is 11.1 Å². The van der Waals surface area contributed by atoms with E-state index in [-0.39, 0.29) is 0 Å². The number of hydrogen-bond acceptors (Lipinski definition) is 3. The van der Waals surface area contributed by atoms with Crippen molar-refractivity contribution in [1.82, 2.24) is 0 Å². The van der Waals surface area contributed by atoms with Gasteiger partial charge in [-0.3, -0.25) is 0 Å². The van der Waals surface area contributed by atoms with E-state index < -0.39 is 0 Å². The van der Waals surface area contributed by atoms with E-state index in [4.69, 9.17) is 5.73 Å². The largest absolute Gasteiger partial charge is 0.399 e. The number of nitrogens with zero attached hydrogens (tertiary/aromatic N) is 1. The van der Waals surface area contributed by atoms with E-state index in [0.717, 1.165) is 12.2 Å². The molecule has 0 aliphatic rings. The van der Waals surface area contributed by atoms with Crippen LogP contribution in [-0.2, 0) is 6.54 Å².